The third-order valence-corrected chi connectivity index (χ3v) is 1.52. The van der Waals surface area contributed by atoms with Crippen molar-refractivity contribution in [3.05, 3.63) is 29.6 Å². The van der Waals surface area contributed by atoms with Crippen molar-refractivity contribution in [2.24, 2.45) is 0 Å². The second-order valence-electron chi connectivity index (χ2n) is 2.28. The van der Waals surface area contributed by atoms with Crippen LogP contribution in [-0.2, 0) is 0 Å². The maximum Gasteiger partial charge on any atom is 0.265 e. The van der Waals surface area contributed by atoms with E-state index in [4.69, 9.17) is 0 Å². The van der Waals surface area contributed by atoms with E-state index in [1.807, 2.05) is 0 Å². The van der Waals surface area contributed by atoms with Crippen molar-refractivity contribution in [2.45, 2.75) is 6.43 Å². The summed E-state index contributed by atoms with van der Waals surface area (Å²) in [7, 11) is 1.51. The lowest BCUT2D eigenvalue weighted by atomic mass is 10.2. The SMILES string of the molecule is CNc1ccc(F)cc1C(F)F. The highest BCUT2D eigenvalue weighted by atomic mass is 19.3. The Morgan fingerprint density at radius 1 is 1.33 bits per heavy atom. The zero-order chi connectivity index (χ0) is 9.14. The first-order chi connectivity index (χ1) is 5.65. The lowest BCUT2D eigenvalue weighted by molar-refractivity contribution is 0.151. The number of hydrogen-bond acceptors (Lipinski definition) is 1. The fourth-order valence-corrected chi connectivity index (χ4v) is 0.942. The van der Waals surface area contributed by atoms with Gasteiger partial charge in [-0.05, 0) is 18.2 Å². The number of benzene rings is 1. The molecule has 0 aromatic heterocycles. The molecule has 1 aromatic carbocycles. The molecule has 1 rings (SSSR count). The van der Waals surface area contributed by atoms with Crippen LogP contribution in [0.3, 0.4) is 0 Å². The molecule has 0 unspecified atom stereocenters. The molecule has 0 aliphatic carbocycles. The molecular weight excluding hydrogens is 167 g/mol. The first kappa shape index (κ1) is 8.90. The molecule has 0 heterocycles. The Bertz CT molecular complexity index is 273. The number of anilines is 1. The van der Waals surface area contributed by atoms with Crippen LogP contribution >= 0.6 is 0 Å². The lowest BCUT2D eigenvalue weighted by Crippen LogP contribution is -1.96. The second kappa shape index (κ2) is 3.47. The molecule has 0 saturated heterocycles. The van der Waals surface area contributed by atoms with Crippen LogP contribution in [0.4, 0.5) is 18.9 Å². The fraction of sp³-hybridized carbons (Fsp3) is 0.250. The molecular formula is C8H8F3N. The molecule has 0 atom stereocenters. The zero-order valence-electron chi connectivity index (χ0n) is 6.44. The fourth-order valence-electron chi connectivity index (χ4n) is 0.942. The third-order valence-electron chi connectivity index (χ3n) is 1.52. The van der Waals surface area contributed by atoms with E-state index in [-0.39, 0.29) is 11.3 Å². The summed E-state index contributed by atoms with van der Waals surface area (Å²) in [5, 5.41) is 2.56. The summed E-state index contributed by atoms with van der Waals surface area (Å²) < 4.78 is 36.9. The van der Waals surface area contributed by atoms with E-state index in [1.54, 1.807) is 0 Å². The van der Waals surface area contributed by atoms with Crippen molar-refractivity contribution in [3.63, 3.8) is 0 Å². The van der Waals surface area contributed by atoms with Gasteiger partial charge in [-0.3, -0.25) is 0 Å². The highest BCUT2D eigenvalue weighted by Gasteiger charge is 2.12. The Kier molecular flexibility index (Phi) is 2.58. The van der Waals surface area contributed by atoms with Crippen LogP contribution in [0, 0.1) is 5.82 Å². The summed E-state index contributed by atoms with van der Waals surface area (Å²) in [4.78, 5) is 0. The molecule has 1 N–H and O–H groups in total. The van der Waals surface area contributed by atoms with Crippen molar-refractivity contribution in [2.75, 3.05) is 12.4 Å². The summed E-state index contributed by atoms with van der Waals surface area (Å²) in [6.07, 6.45) is -2.65. The minimum absolute atomic E-state index is 0.256. The lowest BCUT2D eigenvalue weighted by Gasteiger charge is -2.07. The van der Waals surface area contributed by atoms with Crippen molar-refractivity contribution >= 4 is 5.69 Å². The number of hydrogen-bond donors (Lipinski definition) is 1. The van der Waals surface area contributed by atoms with E-state index in [0.29, 0.717) is 0 Å². The van der Waals surface area contributed by atoms with Crippen molar-refractivity contribution < 1.29 is 13.2 Å². The minimum Gasteiger partial charge on any atom is -0.388 e. The third kappa shape index (κ3) is 1.69. The highest BCUT2D eigenvalue weighted by molar-refractivity contribution is 5.51. The summed E-state index contributed by atoms with van der Waals surface area (Å²) in [6, 6.07) is 3.26. The summed E-state index contributed by atoms with van der Waals surface area (Å²) in [6.45, 7) is 0. The summed E-state index contributed by atoms with van der Waals surface area (Å²) in [5.41, 5.74) is -0.0519. The van der Waals surface area contributed by atoms with Crippen LogP contribution in [-0.4, -0.2) is 7.05 Å². The van der Waals surface area contributed by atoms with Crippen LogP contribution in [0.5, 0.6) is 0 Å². The molecule has 0 bridgehead atoms. The zero-order valence-corrected chi connectivity index (χ0v) is 6.44. The van der Waals surface area contributed by atoms with Crippen LogP contribution < -0.4 is 5.32 Å². The van der Waals surface area contributed by atoms with Crippen molar-refractivity contribution in [3.8, 4) is 0 Å². The van der Waals surface area contributed by atoms with Gasteiger partial charge in [0.15, 0.2) is 0 Å². The topological polar surface area (TPSA) is 12.0 Å². The highest BCUT2D eigenvalue weighted by Crippen LogP contribution is 2.27. The molecule has 12 heavy (non-hydrogen) atoms. The van der Waals surface area contributed by atoms with Gasteiger partial charge in [0.1, 0.15) is 5.82 Å². The Labute approximate surface area is 68.2 Å². The average molecular weight is 175 g/mol. The van der Waals surface area contributed by atoms with E-state index in [9.17, 15) is 13.2 Å². The quantitative estimate of drug-likeness (QED) is 0.728. The molecule has 0 radical (unpaired) electrons. The number of alkyl halides is 2. The molecule has 1 nitrogen and oxygen atoms in total. The van der Waals surface area contributed by atoms with Gasteiger partial charge in [-0.25, -0.2) is 13.2 Å². The standard InChI is InChI=1S/C8H8F3N/c1-12-7-3-2-5(9)4-6(7)8(10)11/h2-4,8,12H,1H3. The van der Waals surface area contributed by atoms with Crippen LogP contribution in [0.2, 0.25) is 0 Å². The van der Waals surface area contributed by atoms with Gasteiger partial charge in [0.05, 0.1) is 0 Å². The van der Waals surface area contributed by atoms with Crippen LogP contribution in [0.25, 0.3) is 0 Å². The Hall–Kier alpha value is -1.19. The smallest absolute Gasteiger partial charge is 0.265 e. The number of nitrogens with one attached hydrogen (secondary N) is 1. The normalized spacial score (nSPS) is 10.4. The molecule has 0 spiro atoms. The predicted octanol–water partition coefficient (Wildman–Crippen LogP) is 2.81. The van der Waals surface area contributed by atoms with Crippen LogP contribution in [0.15, 0.2) is 18.2 Å². The van der Waals surface area contributed by atoms with Gasteiger partial charge in [0.2, 0.25) is 0 Å². The van der Waals surface area contributed by atoms with Gasteiger partial charge in [0.25, 0.3) is 6.43 Å². The Morgan fingerprint density at radius 3 is 2.50 bits per heavy atom. The monoisotopic (exact) mass is 175 g/mol. The molecule has 0 fully saturated rings. The molecule has 4 heteroatoms. The first-order valence-corrected chi connectivity index (χ1v) is 3.40. The molecule has 1 aromatic rings. The average Bonchev–Trinajstić information content (AvgIpc) is 2.04. The molecule has 0 aliphatic heterocycles. The van der Waals surface area contributed by atoms with Gasteiger partial charge >= 0.3 is 0 Å². The van der Waals surface area contributed by atoms with Crippen molar-refractivity contribution in [1.29, 1.82) is 0 Å². The van der Waals surface area contributed by atoms with E-state index >= 15 is 0 Å². The Morgan fingerprint density at radius 2 is 2.00 bits per heavy atom. The maximum atomic E-state index is 12.5. The second-order valence-corrected chi connectivity index (χ2v) is 2.28. The predicted molar refractivity (Wildman–Crippen MR) is 40.9 cm³/mol. The Balaban J connectivity index is 3.12. The van der Waals surface area contributed by atoms with Gasteiger partial charge in [0, 0.05) is 18.3 Å². The number of halogens is 3. The van der Waals surface area contributed by atoms with E-state index in [2.05, 4.69) is 5.32 Å². The molecule has 0 aliphatic rings. The van der Waals surface area contributed by atoms with Crippen molar-refractivity contribution in [1.82, 2.24) is 0 Å². The minimum atomic E-state index is -2.65. The van der Waals surface area contributed by atoms with Gasteiger partial charge in [-0.15, -0.1) is 0 Å². The van der Waals surface area contributed by atoms with E-state index in [0.717, 1.165) is 12.1 Å². The molecule has 0 saturated carbocycles. The van der Waals surface area contributed by atoms with E-state index < -0.39 is 12.2 Å². The summed E-state index contributed by atoms with van der Waals surface area (Å²) >= 11 is 0. The molecule has 66 valence electrons. The first-order valence-electron chi connectivity index (χ1n) is 3.40. The molecule has 0 amide bonds. The summed E-state index contributed by atoms with van der Waals surface area (Å²) in [5.74, 6) is -0.649. The van der Waals surface area contributed by atoms with E-state index in [1.165, 1.54) is 13.1 Å². The largest absolute Gasteiger partial charge is 0.388 e. The van der Waals surface area contributed by atoms with Crippen LogP contribution in [0.1, 0.15) is 12.0 Å². The van der Waals surface area contributed by atoms with Gasteiger partial charge in [-0.1, -0.05) is 0 Å². The number of rotatable bonds is 2. The van der Waals surface area contributed by atoms with Gasteiger partial charge < -0.3 is 5.32 Å². The van der Waals surface area contributed by atoms with Gasteiger partial charge in [-0.2, -0.15) is 0 Å². The maximum absolute atomic E-state index is 12.5.